The summed E-state index contributed by atoms with van der Waals surface area (Å²) in [6.07, 6.45) is 4.06. The van der Waals surface area contributed by atoms with Gasteiger partial charge >= 0.3 is 0 Å². The van der Waals surface area contributed by atoms with E-state index < -0.39 is 0 Å². The van der Waals surface area contributed by atoms with Crippen molar-refractivity contribution in [2.24, 2.45) is 0 Å². The fourth-order valence-corrected chi connectivity index (χ4v) is 4.84. The quantitative estimate of drug-likeness (QED) is 0.450. The largest absolute Gasteiger partial charge is 0.365 e. The Morgan fingerprint density at radius 2 is 1.86 bits per heavy atom. The molecule has 0 N–H and O–H groups in total. The highest BCUT2D eigenvalue weighted by molar-refractivity contribution is 5.84. The SMILES string of the molecule is Cc1cccc(N2CCN(C(=O)Cn3nc(Cc4cccnc4)c4ccccc4c3=O)CC2C)c1. The normalized spacial score (nSPS) is 16.0. The fourth-order valence-electron chi connectivity index (χ4n) is 4.84. The van der Waals surface area contributed by atoms with Crippen molar-refractivity contribution >= 4 is 22.4 Å². The number of anilines is 1. The van der Waals surface area contributed by atoms with E-state index in [4.69, 9.17) is 0 Å². The van der Waals surface area contributed by atoms with Gasteiger partial charge in [0.2, 0.25) is 5.91 Å². The van der Waals surface area contributed by atoms with Gasteiger partial charge in [0.15, 0.2) is 0 Å². The molecule has 0 spiro atoms. The average molecular weight is 468 g/mol. The van der Waals surface area contributed by atoms with Crippen LogP contribution in [0.3, 0.4) is 0 Å². The van der Waals surface area contributed by atoms with Crippen LogP contribution in [0.15, 0.2) is 77.9 Å². The lowest BCUT2D eigenvalue weighted by Gasteiger charge is -2.41. The number of aryl methyl sites for hydroxylation is 1. The molecule has 1 unspecified atom stereocenters. The highest BCUT2D eigenvalue weighted by Crippen LogP contribution is 2.22. The van der Waals surface area contributed by atoms with Crippen molar-refractivity contribution in [1.82, 2.24) is 19.7 Å². The number of fused-ring (bicyclic) bond motifs is 1. The van der Waals surface area contributed by atoms with Crippen LogP contribution in [0.5, 0.6) is 0 Å². The predicted octanol–water partition coefficient (Wildman–Crippen LogP) is 3.43. The van der Waals surface area contributed by atoms with E-state index in [0.29, 0.717) is 24.9 Å². The fraction of sp³-hybridized carbons (Fsp3) is 0.286. The standard InChI is InChI=1S/C28H29N5O2/c1-20-7-5-9-23(15-20)32-14-13-31(18-21(32)2)27(34)19-33-28(35)25-11-4-3-10-24(25)26(30-33)16-22-8-6-12-29-17-22/h3-12,15,17,21H,13-14,16,18-19H2,1-2H3. The Bertz CT molecular complexity index is 1420. The van der Waals surface area contributed by atoms with E-state index in [9.17, 15) is 9.59 Å². The number of hydrogen-bond donors (Lipinski definition) is 0. The zero-order valence-electron chi connectivity index (χ0n) is 20.1. The third-order valence-electron chi connectivity index (χ3n) is 6.64. The maximum absolute atomic E-state index is 13.3. The Kier molecular flexibility index (Phi) is 6.31. The van der Waals surface area contributed by atoms with Crippen LogP contribution in [-0.2, 0) is 17.8 Å². The summed E-state index contributed by atoms with van der Waals surface area (Å²) in [6, 6.07) is 19.9. The first-order valence-electron chi connectivity index (χ1n) is 12.0. The van der Waals surface area contributed by atoms with E-state index in [0.717, 1.165) is 23.2 Å². The molecular weight excluding hydrogens is 438 g/mol. The average Bonchev–Trinajstić information content (AvgIpc) is 2.87. The summed E-state index contributed by atoms with van der Waals surface area (Å²) >= 11 is 0. The molecule has 1 aliphatic heterocycles. The Balaban J connectivity index is 1.37. The molecule has 0 bridgehead atoms. The lowest BCUT2D eigenvalue weighted by atomic mass is 10.1. The first-order chi connectivity index (χ1) is 17.0. The highest BCUT2D eigenvalue weighted by atomic mass is 16.2. The van der Waals surface area contributed by atoms with Gasteiger partial charge in [-0.2, -0.15) is 5.10 Å². The Hall–Kier alpha value is -4.00. The molecule has 5 rings (SSSR count). The number of carbonyl (C=O) groups excluding carboxylic acids is 1. The van der Waals surface area contributed by atoms with Crippen LogP contribution in [0.4, 0.5) is 5.69 Å². The number of amides is 1. The number of aromatic nitrogens is 3. The number of pyridine rings is 1. The molecule has 0 radical (unpaired) electrons. The smallest absolute Gasteiger partial charge is 0.275 e. The van der Waals surface area contributed by atoms with Crippen LogP contribution in [0.2, 0.25) is 0 Å². The van der Waals surface area contributed by atoms with Crippen LogP contribution in [0.25, 0.3) is 10.8 Å². The van der Waals surface area contributed by atoms with Crippen molar-refractivity contribution in [3.8, 4) is 0 Å². The van der Waals surface area contributed by atoms with Gasteiger partial charge in [-0.3, -0.25) is 14.6 Å². The van der Waals surface area contributed by atoms with Gasteiger partial charge in [-0.05, 0) is 49.2 Å². The molecular formula is C28H29N5O2. The second-order valence-corrected chi connectivity index (χ2v) is 9.21. The summed E-state index contributed by atoms with van der Waals surface area (Å²) in [4.78, 5) is 34.8. The van der Waals surface area contributed by atoms with Gasteiger partial charge in [0.1, 0.15) is 6.54 Å². The molecule has 3 heterocycles. The Morgan fingerprint density at radius 3 is 2.60 bits per heavy atom. The van der Waals surface area contributed by atoms with E-state index in [2.05, 4.69) is 53.1 Å². The molecule has 0 aliphatic carbocycles. The van der Waals surface area contributed by atoms with E-state index >= 15 is 0 Å². The minimum absolute atomic E-state index is 0.0686. The molecule has 0 saturated carbocycles. The van der Waals surface area contributed by atoms with Gasteiger partial charge in [0, 0.05) is 55.6 Å². The zero-order valence-corrected chi connectivity index (χ0v) is 20.1. The molecule has 2 aromatic carbocycles. The maximum Gasteiger partial charge on any atom is 0.275 e. The monoisotopic (exact) mass is 467 g/mol. The van der Waals surface area contributed by atoms with Crippen molar-refractivity contribution in [2.75, 3.05) is 24.5 Å². The summed E-state index contributed by atoms with van der Waals surface area (Å²) in [6.45, 7) is 6.13. The van der Waals surface area contributed by atoms with Crippen molar-refractivity contribution in [1.29, 1.82) is 0 Å². The van der Waals surface area contributed by atoms with Gasteiger partial charge in [-0.15, -0.1) is 0 Å². The molecule has 178 valence electrons. The topological polar surface area (TPSA) is 71.3 Å². The molecule has 1 fully saturated rings. The summed E-state index contributed by atoms with van der Waals surface area (Å²) in [5.74, 6) is -0.0852. The first kappa shape index (κ1) is 22.8. The van der Waals surface area contributed by atoms with Crippen LogP contribution in [0.1, 0.15) is 23.7 Å². The molecule has 35 heavy (non-hydrogen) atoms. The first-order valence-corrected chi connectivity index (χ1v) is 12.0. The van der Waals surface area contributed by atoms with E-state index in [1.807, 2.05) is 35.2 Å². The van der Waals surface area contributed by atoms with Crippen LogP contribution in [0, 0.1) is 6.92 Å². The van der Waals surface area contributed by atoms with Gasteiger partial charge < -0.3 is 9.80 Å². The maximum atomic E-state index is 13.3. The van der Waals surface area contributed by atoms with Crippen molar-refractivity contribution in [2.45, 2.75) is 32.9 Å². The number of rotatable bonds is 5. The third kappa shape index (κ3) is 4.80. The van der Waals surface area contributed by atoms with E-state index in [-0.39, 0.29) is 24.1 Å². The summed E-state index contributed by atoms with van der Waals surface area (Å²) in [7, 11) is 0. The molecule has 1 aliphatic rings. The second-order valence-electron chi connectivity index (χ2n) is 9.21. The van der Waals surface area contributed by atoms with Crippen LogP contribution in [-0.4, -0.2) is 51.2 Å². The molecule has 2 aromatic heterocycles. The van der Waals surface area contributed by atoms with E-state index in [1.165, 1.54) is 15.9 Å². The Morgan fingerprint density at radius 1 is 1.03 bits per heavy atom. The van der Waals surface area contributed by atoms with Crippen LogP contribution < -0.4 is 10.5 Å². The van der Waals surface area contributed by atoms with Gasteiger partial charge in [-0.25, -0.2) is 4.68 Å². The zero-order chi connectivity index (χ0) is 24.4. The number of piperazine rings is 1. The van der Waals surface area contributed by atoms with Crippen molar-refractivity contribution in [3.63, 3.8) is 0 Å². The van der Waals surface area contributed by atoms with Crippen LogP contribution >= 0.6 is 0 Å². The second kappa shape index (κ2) is 9.70. The lowest BCUT2D eigenvalue weighted by Crippen LogP contribution is -2.54. The molecule has 4 aromatic rings. The van der Waals surface area contributed by atoms with E-state index in [1.54, 1.807) is 18.5 Å². The molecule has 1 amide bonds. The Labute approximate surface area is 204 Å². The van der Waals surface area contributed by atoms with Gasteiger partial charge in [0.05, 0.1) is 11.1 Å². The molecule has 1 saturated heterocycles. The molecule has 7 heteroatoms. The number of hydrogen-bond acceptors (Lipinski definition) is 5. The number of carbonyl (C=O) groups is 1. The minimum Gasteiger partial charge on any atom is -0.365 e. The van der Waals surface area contributed by atoms with Gasteiger partial charge in [-0.1, -0.05) is 36.4 Å². The molecule has 7 nitrogen and oxygen atoms in total. The number of benzene rings is 2. The highest BCUT2D eigenvalue weighted by Gasteiger charge is 2.27. The lowest BCUT2D eigenvalue weighted by molar-refractivity contribution is -0.132. The van der Waals surface area contributed by atoms with Gasteiger partial charge in [0.25, 0.3) is 5.56 Å². The van der Waals surface area contributed by atoms with Crippen molar-refractivity contribution in [3.05, 3.63) is 100 Å². The predicted molar refractivity (Wildman–Crippen MR) is 138 cm³/mol. The number of nitrogens with zero attached hydrogens (tertiary/aromatic N) is 5. The van der Waals surface area contributed by atoms with Crippen molar-refractivity contribution < 1.29 is 4.79 Å². The molecule has 1 atom stereocenters. The summed E-state index contributed by atoms with van der Waals surface area (Å²) < 4.78 is 1.33. The third-order valence-corrected chi connectivity index (χ3v) is 6.64. The summed E-state index contributed by atoms with van der Waals surface area (Å²) in [5, 5.41) is 6.03. The minimum atomic E-state index is -0.240. The summed E-state index contributed by atoms with van der Waals surface area (Å²) in [5.41, 5.74) is 3.92.